The van der Waals surface area contributed by atoms with Crippen molar-refractivity contribution in [2.75, 3.05) is 13.1 Å². The van der Waals surface area contributed by atoms with Gasteiger partial charge in [0.25, 0.3) is 0 Å². The van der Waals surface area contributed by atoms with Crippen LogP contribution in [0.2, 0.25) is 0 Å². The van der Waals surface area contributed by atoms with Gasteiger partial charge in [-0.2, -0.15) is 5.10 Å². The van der Waals surface area contributed by atoms with Gasteiger partial charge < -0.3 is 4.57 Å². The molecular weight excluding hydrogens is 310 g/mol. The molecule has 1 N–H and O–H groups in total. The summed E-state index contributed by atoms with van der Waals surface area (Å²) in [6, 6.07) is 8.72. The van der Waals surface area contributed by atoms with Crippen LogP contribution in [0.1, 0.15) is 35.8 Å². The molecule has 0 aliphatic carbocycles. The summed E-state index contributed by atoms with van der Waals surface area (Å²) < 4.78 is 2.11. The van der Waals surface area contributed by atoms with Crippen molar-refractivity contribution in [2.24, 2.45) is 7.05 Å². The van der Waals surface area contributed by atoms with E-state index in [1.165, 1.54) is 35.2 Å². The second-order valence-corrected chi connectivity index (χ2v) is 7.09. The molecule has 5 heteroatoms. The average molecular weight is 335 g/mol. The Morgan fingerprint density at radius 1 is 1.24 bits per heavy atom. The fourth-order valence-corrected chi connectivity index (χ4v) is 3.75. The minimum Gasteiger partial charge on any atom is -0.337 e. The number of aromatic amines is 1. The highest BCUT2D eigenvalue weighted by molar-refractivity contribution is 5.66. The average Bonchev–Trinajstić information content (AvgIpc) is 3.26. The minimum absolute atomic E-state index is 0.493. The Labute approximate surface area is 148 Å². The van der Waals surface area contributed by atoms with Gasteiger partial charge >= 0.3 is 0 Å². The lowest BCUT2D eigenvalue weighted by molar-refractivity contribution is 0.193. The Morgan fingerprint density at radius 3 is 2.84 bits per heavy atom. The number of benzene rings is 1. The van der Waals surface area contributed by atoms with Crippen LogP contribution in [0.5, 0.6) is 0 Å². The number of likely N-dealkylation sites (tertiary alicyclic amines) is 1. The molecule has 25 heavy (non-hydrogen) atoms. The molecule has 0 unspecified atom stereocenters. The van der Waals surface area contributed by atoms with Crippen molar-refractivity contribution in [3.63, 3.8) is 0 Å². The highest BCUT2D eigenvalue weighted by Crippen LogP contribution is 2.33. The molecule has 0 amide bonds. The van der Waals surface area contributed by atoms with Gasteiger partial charge in [-0.3, -0.25) is 10.00 Å². The molecule has 3 aromatic rings. The van der Waals surface area contributed by atoms with Crippen LogP contribution in [-0.2, 0) is 13.6 Å². The fraction of sp³-hybridized carbons (Fsp3) is 0.400. The number of hydrogen-bond acceptors (Lipinski definition) is 3. The van der Waals surface area contributed by atoms with Crippen molar-refractivity contribution in [3.8, 4) is 11.1 Å². The van der Waals surface area contributed by atoms with Crippen LogP contribution >= 0.6 is 0 Å². The zero-order valence-electron chi connectivity index (χ0n) is 14.9. The van der Waals surface area contributed by atoms with E-state index in [0.29, 0.717) is 5.92 Å². The zero-order chi connectivity index (χ0) is 17.2. The normalized spacial score (nSPS) is 18.6. The van der Waals surface area contributed by atoms with E-state index in [9.17, 15) is 0 Å². The summed E-state index contributed by atoms with van der Waals surface area (Å²) in [6.07, 6.45) is 8.28. The Morgan fingerprint density at radius 2 is 2.08 bits per heavy atom. The summed E-state index contributed by atoms with van der Waals surface area (Å²) >= 11 is 0. The Hall–Kier alpha value is -2.40. The lowest BCUT2D eigenvalue weighted by Gasteiger charge is -2.32. The van der Waals surface area contributed by atoms with E-state index < -0.39 is 0 Å². The summed E-state index contributed by atoms with van der Waals surface area (Å²) in [4.78, 5) is 6.98. The molecule has 2 aromatic heterocycles. The number of hydrogen-bond donors (Lipinski definition) is 1. The largest absolute Gasteiger partial charge is 0.337 e. The number of rotatable bonds is 4. The highest BCUT2D eigenvalue weighted by atomic mass is 15.2. The van der Waals surface area contributed by atoms with E-state index in [4.69, 9.17) is 0 Å². The molecule has 5 nitrogen and oxygen atoms in total. The van der Waals surface area contributed by atoms with Gasteiger partial charge in [0.1, 0.15) is 5.82 Å². The van der Waals surface area contributed by atoms with Gasteiger partial charge in [-0.25, -0.2) is 4.98 Å². The van der Waals surface area contributed by atoms with Gasteiger partial charge in [0.2, 0.25) is 0 Å². The van der Waals surface area contributed by atoms with Gasteiger partial charge in [-0.05, 0) is 31.9 Å². The number of imidazole rings is 1. The predicted octanol–water partition coefficient (Wildman–Crippen LogP) is 3.50. The second kappa shape index (κ2) is 6.84. The maximum absolute atomic E-state index is 4.47. The van der Waals surface area contributed by atoms with Gasteiger partial charge in [-0.15, -0.1) is 0 Å². The first kappa shape index (κ1) is 16.1. The van der Waals surface area contributed by atoms with E-state index in [2.05, 4.69) is 62.9 Å². The molecule has 1 atom stereocenters. The quantitative estimate of drug-likeness (QED) is 0.794. The topological polar surface area (TPSA) is 49.7 Å². The van der Waals surface area contributed by atoms with Gasteiger partial charge in [0.15, 0.2) is 0 Å². The monoisotopic (exact) mass is 335 g/mol. The highest BCUT2D eigenvalue weighted by Gasteiger charge is 2.25. The van der Waals surface area contributed by atoms with Crippen LogP contribution in [-0.4, -0.2) is 37.7 Å². The van der Waals surface area contributed by atoms with Gasteiger partial charge in [-0.1, -0.05) is 29.8 Å². The molecule has 1 fully saturated rings. The maximum atomic E-state index is 4.47. The van der Waals surface area contributed by atoms with E-state index in [1.807, 2.05) is 18.6 Å². The number of nitrogens with one attached hydrogen (secondary N) is 1. The number of piperidine rings is 1. The standard InChI is InChI=1S/C20H25N5/c1-15-5-7-16(8-6-15)18-12-22-23-20(18)17-4-3-10-25(13-17)14-19-21-9-11-24(19)2/h5-9,11-12,17H,3-4,10,13-14H2,1-2H3,(H,22,23)/t17-/m1/s1. The third kappa shape index (κ3) is 3.37. The molecule has 0 saturated carbocycles. The SMILES string of the molecule is Cc1ccc(-c2cn[nH]c2[C@@H]2CCCN(Cc3nccn3C)C2)cc1. The van der Waals surface area contributed by atoms with E-state index in [1.54, 1.807) is 0 Å². The second-order valence-electron chi connectivity index (χ2n) is 7.09. The maximum Gasteiger partial charge on any atom is 0.122 e. The minimum atomic E-state index is 0.493. The number of aryl methyl sites for hydroxylation is 2. The lowest BCUT2D eigenvalue weighted by atomic mass is 9.90. The van der Waals surface area contributed by atoms with Crippen LogP contribution in [0.3, 0.4) is 0 Å². The summed E-state index contributed by atoms with van der Waals surface area (Å²) in [7, 11) is 2.06. The van der Waals surface area contributed by atoms with Crippen molar-refractivity contribution in [1.29, 1.82) is 0 Å². The molecule has 0 bridgehead atoms. The molecule has 0 spiro atoms. The Balaban J connectivity index is 1.53. The molecule has 0 radical (unpaired) electrons. The van der Waals surface area contributed by atoms with E-state index in [-0.39, 0.29) is 0 Å². The third-order valence-corrected chi connectivity index (χ3v) is 5.23. The van der Waals surface area contributed by atoms with Crippen molar-refractivity contribution in [2.45, 2.75) is 32.2 Å². The zero-order valence-corrected chi connectivity index (χ0v) is 14.9. The van der Waals surface area contributed by atoms with Crippen molar-refractivity contribution < 1.29 is 0 Å². The van der Waals surface area contributed by atoms with Crippen LogP contribution in [0.15, 0.2) is 42.9 Å². The van der Waals surface area contributed by atoms with Crippen molar-refractivity contribution >= 4 is 0 Å². The van der Waals surface area contributed by atoms with Crippen molar-refractivity contribution in [3.05, 3.63) is 59.9 Å². The van der Waals surface area contributed by atoms with Crippen LogP contribution in [0.25, 0.3) is 11.1 Å². The third-order valence-electron chi connectivity index (χ3n) is 5.23. The molecule has 130 valence electrons. The molecular formula is C20H25N5. The molecule has 1 aliphatic rings. The number of aromatic nitrogens is 4. The Kier molecular flexibility index (Phi) is 4.40. The first-order chi connectivity index (χ1) is 12.2. The first-order valence-electron chi connectivity index (χ1n) is 8.99. The number of H-pyrrole nitrogens is 1. The number of nitrogens with zero attached hydrogens (tertiary/aromatic N) is 4. The van der Waals surface area contributed by atoms with Crippen LogP contribution in [0.4, 0.5) is 0 Å². The molecule has 1 aliphatic heterocycles. The Bertz CT molecular complexity index is 830. The molecule has 3 heterocycles. The van der Waals surface area contributed by atoms with Crippen molar-refractivity contribution in [1.82, 2.24) is 24.6 Å². The van der Waals surface area contributed by atoms with Crippen LogP contribution < -0.4 is 0 Å². The van der Waals surface area contributed by atoms with E-state index >= 15 is 0 Å². The predicted molar refractivity (Wildman–Crippen MR) is 99.2 cm³/mol. The van der Waals surface area contributed by atoms with Crippen LogP contribution in [0, 0.1) is 6.92 Å². The summed E-state index contributed by atoms with van der Waals surface area (Å²) in [5.74, 6) is 1.62. The fourth-order valence-electron chi connectivity index (χ4n) is 3.75. The first-order valence-corrected chi connectivity index (χ1v) is 8.99. The lowest BCUT2D eigenvalue weighted by Crippen LogP contribution is -2.34. The molecule has 1 saturated heterocycles. The summed E-state index contributed by atoms with van der Waals surface area (Å²) in [6.45, 7) is 5.22. The van der Waals surface area contributed by atoms with E-state index in [0.717, 1.165) is 25.5 Å². The molecule has 4 rings (SSSR count). The summed E-state index contributed by atoms with van der Waals surface area (Å²) in [5.41, 5.74) is 5.04. The van der Waals surface area contributed by atoms with Gasteiger partial charge in [0.05, 0.1) is 12.7 Å². The summed E-state index contributed by atoms with van der Waals surface area (Å²) in [5, 5.41) is 7.63. The van der Waals surface area contributed by atoms with Gasteiger partial charge in [0, 0.05) is 43.2 Å². The smallest absolute Gasteiger partial charge is 0.122 e. The molecule has 1 aromatic carbocycles.